The molecule has 2 aromatic rings. The second kappa shape index (κ2) is 6.74. The molecular weight excluding hydrogens is 342 g/mol. The first-order valence-corrected chi connectivity index (χ1v) is 8.13. The van der Waals surface area contributed by atoms with Crippen LogP contribution in [0.2, 0.25) is 0 Å². The third-order valence-corrected chi connectivity index (χ3v) is 4.66. The SMILES string of the molecule is CC1(C(=O)O)CCN(C(=O)Nc2ccc(F)cc2-c2ccc(F)cc2)C1. The lowest BCUT2D eigenvalue weighted by molar-refractivity contribution is -0.146. The summed E-state index contributed by atoms with van der Waals surface area (Å²) >= 11 is 0. The predicted molar refractivity (Wildman–Crippen MR) is 92.7 cm³/mol. The van der Waals surface area contributed by atoms with Gasteiger partial charge in [0.1, 0.15) is 11.6 Å². The van der Waals surface area contributed by atoms with E-state index in [2.05, 4.69) is 5.32 Å². The summed E-state index contributed by atoms with van der Waals surface area (Å²) < 4.78 is 26.8. The lowest BCUT2D eigenvalue weighted by Crippen LogP contribution is -2.37. The van der Waals surface area contributed by atoms with E-state index in [-0.39, 0.29) is 6.54 Å². The van der Waals surface area contributed by atoms with Crippen LogP contribution >= 0.6 is 0 Å². The van der Waals surface area contributed by atoms with Crippen molar-refractivity contribution in [1.29, 1.82) is 0 Å². The zero-order chi connectivity index (χ0) is 18.9. The topological polar surface area (TPSA) is 69.6 Å². The molecular formula is C19H18F2N2O3. The van der Waals surface area contributed by atoms with Crippen LogP contribution in [0.5, 0.6) is 0 Å². The summed E-state index contributed by atoms with van der Waals surface area (Å²) in [5.74, 6) is -1.84. The van der Waals surface area contributed by atoms with Crippen molar-refractivity contribution in [2.75, 3.05) is 18.4 Å². The van der Waals surface area contributed by atoms with Crippen LogP contribution in [0, 0.1) is 17.0 Å². The number of carbonyl (C=O) groups is 2. The number of anilines is 1. The molecule has 2 N–H and O–H groups in total. The van der Waals surface area contributed by atoms with E-state index >= 15 is 0 Å². The van der Waals surface area contributed by atoms with Crippen LogP contribution in [0.1, 0.15) is 13.3 Å². The highest BCUT2D eigenvalue weighted by Gasteiger charge is 2.42. The average Bonchev–Trinajstić information content (AvgIpc) is 3.01. The fraction of sp³-hybridized carbons (Fsp3) is 0.263. The Kier molecular flexibility index (Phi) is 4.63. The van der Waals surface area contributed by atoms with Crippen molar-refractivity contribution < 1.29 is 23.5 Å². The van der Waals surface area contributed by atoms with Gasteiger partial charge in [-0.25, -0.2) is 13.6 Å². The molecule has 0 radical (unpaired) electrons. The maximum absolute atomic E-state index is 13.7. The third-order valence-electron chi connectivity index (χ3n) is 4.66. The molecule has 0 saturated carbocycles. The molecule has 1 aliphatic heterocycles. The Labute approximate surface area is 149 Å². The Morgan fingerprint density at radius 2 is 1.77 bits per heavy atom. The van der Waals surface area contributed by atoms with Crippen molar-refractivity contribution in [3.05, 3.63) is 54.1 Å². The highest BCUT2D eigenvalue weighted by Crippen LogP contribution is 2.32. The number of hydrogen-bond donors (Lipinski definition) is 2. The van der Waals surface area contributed by atoms with Gasteiger partial charge in [0.15, 0.2) is 0 Å². The summed E-state index contributed by atoms with van der Waals surface area (Å²) in [7, 11) is 0. The molecule has 5 nitrogen and oxygen atoms in total. The summed E-state index contributed by atoms with van der Waals surface area (Å²) in [4.78, 5) is 25.3. The van der Waals surface area contributed by atoms with Crippen molar-refractivity contribution in [3.63, 3.8) is 0 Å². The number of amides is 2. The molecule has 1 fully saturated rings. The van der Waals surface area contributed by atoms with Crippen LogP contribution in [-0.2, 0) is 4.79 Å². The molecule has 136 valence electrons. The molecule has 26 heavy (non-hydrogen) atoms. The number of rotatable bonds is 3. The molecule has 0 bridgehead atoms. The molecule has 2 amide bonds. The van der Waals surface area contributed by atoms with E-state index in [1.54, 1.807) is 6.92 Å². The molecule has 1 aliphatic rings. The molecule has 2 aromatic carbocycles. The summed E-state index contributed by atoms with van der Waals surface area (Å²) in [6.45, 7) is 2.02. The number of carbonyl (C=O) groups excluding carboxylic acids is 1. The minimum Gasteiger partial charge on any atom is -0.481 e. The molecule has 1 unspecified atom stereocenters. The monoisotopic (exact) mass is 360 g/mol. The van der Waals surface area contributed by atoms with Crippen LogP contribution in [0.4, 0.5) is 19.3 Å². The Morgan fingerprint density at radius 3 is 2.38 bits per heavy atom. The molecule has 1 atom stereocenters. The number of hydrogen-bond acceptors (Lipinski definition) is 2. The first-order valence-electron chi connectivity index (χ1n) is 8.13. The fourth-order valence-corrected chi connectivity index (χ4v) is 3.00. The number of benzene rings is 2. The van der Waals surface area contributed by atoms with Gasteiger partial charge < -0.3 is 15.3 Å². The standard InChI is InChI=1S/C19H18F2N2O3/c1-19(17(24)25)8-9-23(11-19)18(26)22-16-7-6-14(21)10-15(16)12-2-4-13(20)5-3-12/h2-7,10H,8-9,11H2,1H3,(H,22,26)(H,24,25). The number of nitrogens with zero attached hydrogens (tertiary/aromatic N) is 1. The van der Waals surface area contributed by atoms with E-state index in [9.17, 15) is 23.5 Å². The Balaban J connectivity index is 1.83. The largest absolute Gasteiger partial charge is 0.481 e. The van der Waals surface area contributed by atoms with E-state index in [4.69, 9.17) is 0 Å². The second-order valence-corrected chi connectivity index (χ2v) is 6.66. The van der Waals surface area contributed by atoms with Crippen LogP contribution < -0.4 is 5.32 Å². The van der Waals surface area contributed by atoms with Gasteiger partial charge in [0.2, 0.25) is 0 Å². The smallest absolute Gasteiger partial charge is 0.321 e. The lowest BCUT2D eigenvalue weighted by Gasteiger charge is -2.21. The van der Waals surface area contributed by atoms with Gasteiger partial charge in [0.05, 0.1) is 11.1 Å². The van der Waals surface area contributed by atoms with Gasteiger partial charge in [0.25, 0.3) is 0 Å². The van der Waals surface area contributed by atoms with E-state index in [0.29, 0.717) is 29.8 Å². The van der Waals surface area contributed by atoms with Crippen molar-refractivity contribution >= 4 is 17.7 Å². The summed E-state index contributed by atoms with van der Waals surface area (Å²) in [6.07, 6.45) is 0.365. The van der Waals surface area contributed by atoms with Crippen LogP contribution in [0.15, 0.2) is 42.5 Å². The van der Waals surface area contributed by atoms with Gasteiger partial charge in [-0.05, 0) is 49.2 Å². The summed E-state index contributed by atoms with van der Waals surface area (Å²) in [6, 6.07) is 8.95. The number of likely N-dealkylation sites (tertiary alicyclic amines) is 1. The third kappa shape index (κ3) is 3.51. The number of aliphatic carboxylic acids is 1. The van der Waals surface area contributed by atoms with Gasteiger partial charge in [-0.1, -0.05) is 12.1 Å². The molecule has 3 rings (SSSR count). The van der Waals surface area contributed by atoms with E-state index in [0.717, 1.165) is 0 Å². The number of carboxylic acids is 1. The zero-order valence-corrected chi connectivity index (χ0v) is 14.1. The van der Waals surface area contributed by atoms with Gasteiger partial charge >= 0.3 is 12.0 Å². The predicted octanol–water partition coefficient (Wildman–Crippen LogP) is 3.96. The Bertz CT molecular complexity index is 854. The summed E-state index contributed by atoms with van der Waals surface area (Å²) in [5, 5.41) is 12.0. The molecule has 7 heteroatoms. The van der Waals surface area contributed by atoms with Gasteiger partial charge in [0, 0.05) is 18.7 Å². The fourth-order valence-electron chi connectivity index (χ4n) is 3.00. The van der Waals surface area contributed by atoms with Gasteiger partial charge in [-0.15, -0.1) is 0 Å². The zero-order valence-electron chi connectivity index (χ0n) is 14.1. The summed E-state index contributed by atoms with van der Waals surface area (Å²) in [5.41, 5.74) is 0.364. The first kappa shape index (κ1) is 17.8. The van der Waals surface area contributed by atoms with Crippen LogP contribution in [0.3, 0.4) is 0 Å². The number of urea groups is 1. The van der Waals surface area contributed by atoms with E-state index < -0.39 is 29.0 Å². The lowest BCUT2D eigenvalue weighted by atomic mass is 9.90. The molecule has 0 aromatic heterocycles. The molecule has 1 saturated heterocycles. The molecule has 0 aliphatic carbocycles. The minimum atomic E-state index is -0.972. The highest BCUT2D eigenvalue weighted by atomic mass is 19.1. The average molecular weight is 360 g/mol. The Morgan fingerprint density at radius 1 is 1.12 bits per heavy atom. The van der Waals surface area contributed by atoms with Crippen molar-refractivity contribution in [2.24, 2.45) is 5.41 Å². The quantitative estimate of drug-likeness (QED) is 0.870. The van der Waals surface area contributed by atoms with Crippen LogP contribution in [0.25, 0.3) is 11.1 Å². The van der Waals surface area contributed by atoms with Crippen LogP contribution in [-0.4, -0.2) is 35.1 Å². The van der Waals surface area contributed by atoms with Crippen molar-refractivity contribution in [2.45, 2.75) is 13.3 Å². The van der Waals surface area contributed by atoms with Gasteiger partial charge in [-0.2, -0.15) is 0 Å². The van der Waals surface area contributed by atoms with E-state index in [1.165, 1.54) is 47.4 Å². The maximum Gasteiger partial charge on any atom is 0.321 e. The van der Waals surface area contributed by atoms with E-state index in [1.807, 2.05) is 0 Å². The highest BCUT2D eigenvalue weighted by molar-refractivity contribution is 5.95. The Hall–Kier alpha value is -2.96. The minimum absolute atomic E-state index is 0.0985. The molecule has 0 spiro atoms. The van der Waals surface area contributed by atoms with Crippen molar-refractivity contribution in [3.8, 4) is 11.1 Å². The number of nitrogens with one attached hydrogen (secondary N) is 1. The number of halogens is 2. The first-order chi connectivity index (χ1) is 12.3. The van der Waals surface area contributed by atoms with Crippen molar-refractivity contribution in [1.82, 2.24) is 4.90 Å². The normalized spacial score (nSPS) is 19.4. The van der Waals surface area contributed by atoms with Gasteiger partial charge in [-0.3, -0.25) is 4.79 Å². The molecule has 1 heterocycles. The second-order valence-electron chi connectivity index (χ2n) is 6.66. The number of carboxylic acid groups (broad SMARTS) is 1. The maximum atomic E-state index is 13.7.